The summed E-state index contributed by atoms with van der Waals surface area (Å²) in [4.78, 5) is 24.1. The Morgan fingerprint density at radius 1 is 1.25 bits per heavy atom. The van der Waals surface area contributed by atoms with Gasteiger partial charge in [-0.2, -0.15) is 5.10 Å². The number of carbonyl (C=O) groups excluding carboxylic acids is 2. The molecule has 6 heteroatoms. The number of amides is 1. The second kappa shape index (κ2) is 6.86. The van der Waals surface area contributed by atoms with Crippen LogP contribution in [0, 0.1) is 6.92 Å². The minimum absolute atomic E-state index is 0.104. The maximum Gasteiger partial charge on any atom is 0.342 e. The molecule has 1 aromatic heterocycles. The minimum Gasteiger partial charge on any atom is -0.452 e. The molecule has 0 spiro atoms. The maximum absolute atomic E-state index is 12.1. The number of hydrogen-bond donors (Lipinski definition) is 1. The molecular weight excluding hydrogens is 306 g/mol. The SMILES string of the molecule is Cc1c(C(=O)OCC(=O)Nc2ccccc2C(C)(C)C)cnn1C. The molecule has 24 heavy (non-hydrogen) atoms. The largest absolute Gasteiger partial charge is 0.452 e. The number of benzene rings is 1. The highest BCUT2D eigenvalue weighted by atomic mass is 16.5. The summed E-state index contributed by atoms with van der Waals surface area (Å²) in [5.41, 5.74) is 2.70. The molecule has 1 aromatic carbocycles. The zero-order chi connectivity index (χ0) is 17.9. The topological polar surface area (TPSA) is 73.2 Å². The van der Waals surface area contributed by atoms with Crippen LogP contribution in [0.25, 0.3) is 0 Å². The second-order valence-corrected chi connectivity index (χ2v) is 6.69. The molecular formula is C18H23N3O3. The lowest BCUT2D eigenvalue weighted by atomic mass is 9.86. The first-order chi connectivity index (χ1) is 11.2. The van der Waals surface area contributed by atoms with Crippen LogP contribution in [0.5, 0.6) is 0 Å². The fraction of sp³-hybridized carbons (Fsp3) is 0.389. The average molecular weight is 329 g/mol. The van der Waals surface area contributed by atoms with E-state index in [9.17, 15) is 9.59 Å². The van der Waals surface area contributed by atoms with Crippen molar-refractivity contribution in [3.8, 4) is 0 Å². The van der Waals surface area contributed by atoms with Crippen LogP contribution in [-0.2, 0) is 22.0 Å². The molecule has 128 valence electrons. The third kappa shape index (κ3) is 4.01. The molecule has 0 aliphatic carbocycles. The van der Waals surface area contributed by atoms with Crippen molar-refractivity contribution in [2.45, 2.75) is 33.1 Å². The lowest BCUT2D eigenvalue weighted by Gasteiger charge is -2.22. The Morgan fingerprint density at radius 3 is 2.50 bits per heavy atom. The standard InChI is InChI=1S/C18H23N3O3/c1-12-13(10-19-21(12)5)17(23)24-11-16(22)20-15-9-7-6-8-14(15)18(2,3)4/h6-10H,11H2,1-5H3,(H,20,22). The van der Waals surface area contributed by atoms with Gasteiger partial charge in [-0.3, -0.25) is 9.48 Å². The Hall–Kier alpha value is -2.63. The zero-order valence-electron chi connectivity index (χ0n) is 14.7. The molecule has 1 amide bonds. The number of ether oxygens (including phenoxy) is 1. The number of carbonyl (C=O) groups is 2. The lowest BCUT2D eigenvalue weighted by molar-refractivity contribution is -0.119. The van der Waals surface area contributed by atoms with Crippen LogP contribution in [0.4, 0.5) is 5.69 Å². The van der Waals surface area contributed by atoms with E-state index in [0.29, 0.717) is 11.3 Å². The fourth-order valence-electron chi connectivity index (χ4n) is 2.34. The van der Waals surface area contributed by atoms with Crippen LogP contribution in [-0.4, -0.2) is 28.3 Å². The molecule has 6 nitrogen and oxygen atoms in total. The predicted molar refractivity (Wildman–Crippen MR) is 92.0 cm³/mol. The van der Waals surface area contributed by atoms with Gasteiger partial charge in [-0.1, -0.05) is 39.0 Å². The predicted octanol–water partition coefficient (Wildman–Crippen LogP) is 2.82. The first-order valence-electron chi connectivity index (χ1n) is 7.75. The summed E-state index contributed by atoms with van der Waals surface area (Å²) in [5.74, 6) is -0.929. The van der Waals surface area contributed by atoms with E-state index in [1.165, 1.54) is 6.20 Å². The quantitative estimate of drug-likeness (QED) is 0.876. The second-order valence-electron chi connectivity index (χ2n) is 6.69. The van der Waals surface area contributed by atoms with Crippen molar-refractivity contribution in [2.75, 3.05) is 11.9 Å². The van der Waals surface area contributed by atoms with E-state index >= 15 is 0 Å². The van der Waals surface area contributed by atoms with E-state index < -0.39 is 5.97 Å². The molecule has 0 unspecified atom stereocenters. The average Bonchev–Trinajstić information content (AvgIpc) is 2.84. The normalized spacial score (nSPS) is 11.2. The number of anilines is 1. The molecule has 1 N–H and O–H groups in total. The maximum atomic E-state index is 12.1. The summed E-state index contributed by atoms with van der Waals surface area (Å²) in [6, 6.07) is 7.60. The summed E-state index contributed by atoms with van der Waals surface area (Å²) < 4.78 is 6.66. The van der Waals surface area contributed by atoms with Crippen LogP contribution in [0.3, 0.4) is 0 Å². The number of rotatable bonds is 4. The van der Waals surface area contributed by atoms with Gasteiger partial charge in [0, 0.05) is 18.4 Å². The van der Waals surface area contributed by atoms with Crippen molar-refractivity contribution in [1.29, 1.82) is 0 Å². The number of esters is 1. The first kappa shape index (κ1) is 17.7. The molecule has 2 aromatic rings. The number of aromatic nitrogens is 2. The number of aryl methyl sites for hydroxylation is 1. The number of para-hydroxylation sites is 1. The molecule has 0 bridgehead atoms. The van der Waals surface area contributed by atoms with Crippen molar-refractivity contribution in [1.82, 2.24) is 9.78 Å². The summed E-state index contributed by atoms with van der Waals surface area (Å²) in [7, 11) is 1.74. The van der Waals surface area contributed by atoms with Crippen LogP contribution < -0.4 is 5.32 Å². The Kier molecular flexibility index (Phi) is 5.07. The van der Waals surface area contributed by atoms with Crippen LogP contribution >= 0.6 is 0 Å². The van der Waals surface area contributed by atoms with Crippen molar-refractivity contribution in [2.24, 2.45) is 7.05 Å². The van der Waals surface area contributed by atoms with Gasteiger partial charge < -0.3 is 10.1 Å². The molecule has 0 aliphatic heterocycles. The Labute approximate surface area is 141 Å². The highest BCUT2D eigenvalue weighted by Crippen LogP contribution is 2.29. The molecule has 0 saturated carbocycles. The minimum atomic E-state index is -0.556. The van der Waals surface area contributed by atoms with E-state index in [2.05, 4.69) is 31.2 Å². The summed E-state index contributed by atoms with van der Waals surface area (Å²) in [5, 5.41) is 6.79. The van der Waals surface area contributed by atoms with Gasteiger partial charge in [0.1, 0.15) is 5.56 Å². The molecule has 2 rings (SSSR count). The molecule has 0 radical (unpaired) electrons. The molecule has 0 fully saturated rings. The van der Waals surface area contributed by atoms with E-state index in [4.69, 9.17) is 4.74 Å². The van der Waals surface area contributed by atoms with Crippen LogP contribution in [0.1, 0.15) is 42.4 Å². The Morgan fingerprint density at radius 2 is 1.92 bits per heavy atom. The van der Waals surface area contributed by atoms with E-state index in [1.807, 2.05) is 24.3 Å². The van der Waals surface area contributed by atoms with Crippen molar-refractivity contribution >= 4 is 17.6 Å². The molecule has 0 saturated heterocycles. The van der Waals surface area contributed by atoms with Gasteiger partial charge in [0.05, 0.1) is 6.20 Å². The molecule has 0 aliphatic rings. The van der Waals surface area contributed by atoms with Gasteiger partial charge in [0.25, 0.3) is 5.91 Å². The Balaban J connectivity index is 2.00. The molecule has 1 heterocycles. The lowest BCUT2D eigenvalue weighted by Crippen LogP contribution is -2.23. The number of nitrogens with one attached hydrogen (secondary N) is 1. The van der Waals surface area contributed by atoms with Crippen molar-refractivity contribution < 1.29 is 14.3 Å². The summed E-state index contributed by atoms with van der Waals surface area (Å²) in [6.45, 7) is 7.64. The monoisotopic (exact) mass is 329 g/mol. The highest BCUT2D eigenvalue weighted by Gasteiger charge is 2.20. The third-order valence-corrected chi connectivity index (χ3v) is 3.80. The van der Waals surface area contributed by atoms with E-state index in [0.717, 1.165) is 11.3 Å². The molecule has 0 atom stereocenters. The third-order valence-electron chi connectivity index (χ3n) is 3.80. The van der Waals surface area contributed by atoms with Gasteiger partial charge in [-0.05, 0) is 24.0 Å². The van der Waals surface area contributed by atoms with Gasteiger partial charge in [-0.25, -0.2) is 4.79 Å². The van der Waals surface area contributed by atoms with Crippen molar-refractivity contribution in [3.63, 3.8) is 0 Å². The number of nitrogens with zero attached hydrogens (tertiary/aromatic N) is 2. The van der Waals surface area contributed by atoms with Crippen molar-refractivity contribution in [3.05, 3.63) is 47.3 Å². The van der Waals surface area contributed by atoms with Gasteiger partial charge >= 0.3 is 5.97 Å². The summed E-state index contributed by atoms with van der Waals surface area (Å²) in [6.07, 6.45) is 1.43. The van der Waals surface area contributed by atoms with Gasteiger partial charge in [0.2, 0.25) is 0 Å². The van der Waals surface area contributed by atoms with E-state index in [-0.39, 0.29) is 17.9 Å². The smallest absolute Gasteiger partial charge is 0.342 e. The van der Waals surface area contributed by atoms with Crippen LogP contribution in [0.2, 0.25) is 0 Å². The fourth-order valence-corrected chi connectivity index (χ4v) is 2.34. The van der Waals surface area contributed by atoms with Gasteiger partial charge in [-0.15, -0.1) is 0 Å². The highest BCUT2D eigenvalue weighted by molar-refractivity contribution is 5.96. The van der Waals surface area contributed by atoms with Crippen LogP contribution in [0.15, 0.2) is 30.5 Å². The van der Waals surface area contributed by atoms with Gasteiger partial charge in [0.15, 0.2) is 6.61 Å². The first-order valence-corrected chi connectivity index (χ1v) is 7.75. The van der Waals surface area contributed by atoms with E-state index in [1.54, 1.807) is 18.7 Å². The Bertz CT molecular complexity index is 757. The summed E-state index contributed by atoms with van der Waals surface area (Å²) >= 11 is 0. The zero-order valence-corrected chi connectivity index (χ0v) is 14.7. The number of hydrogen-bond acceptors (Lipinski definition) is 4.